The fraction of sp³-hybridized carbons (Fsp3) is 0.375. The molecule has 7 nitrogen and oxygen atoms in total. The van der Waals surface area contributed by atoms with Gasteiger partial charge in [0.05, 0.1) is 11.9 Å². The van der Waals surface area contributed by atoms with Gasteiger partial charge in [-0.3, -0.25) is 13.9 Å². The van der Waals surface area contributed by atoms with E-state index in [0.29, 0.717) is 18.7 Å². The molecule has 0 aliphatic carbocycles. The molecule has 2 amide bonds. The lowest BCUT2D eigenvalue weighted by molar-refractivity contribution is -0.140. The molecule has 0 fully saturated rings. The number of hydrogen-bond acceptors (Lipinski definition) is 4. The maximum absolute atomic E-state index is 14.1. The summed E-state index contributed by atoms with van der Waals surface area (Å²) in [7, 11) is -3.79. The Kier molecular flexibility index (Phi) is 10.9. The summed E-state index contributed by atoms with van der Waals surface area (Å²) in [6.45, 7) is 8.22. The lowest BCUT2D eigenvalue weighted by Crippen LogP contribution is -2.53. The Morgan fingerprint density at radius 2 is 1.50 bits per heavy atom. The van der Waals surface area contributed by atoms with Crippen molar-refractivity contribution in [3.05, 3.63) is 101 Å². The molecule has 0 bridgehead atoms. The minimum Gasteiger partial charge on any atom is -0.354 e. The zero-order valence-electron chi connectivity index (χ0n) is 24.1. The first-order valence-corrected chi connectivity index (χ1v) is 15.6. The Labute approximate surface area is 239 Å². The number of sulfonamides is 1. The van der Waals surface area contributed by atoms with Gasteiger partial charge in [-0.1, -0.05) is 87.5 Å². The molecule has 40 heavy (non-hydrogen) atoms. The van der Waals surface area contributed by atoms with Gasteiger partial charge >= 0.3 is 0 Å². The fourth-order valence-corrected chi connectivity index (χ4v) is 5.31. The number of aryl methyl sites for hydroxylation is 2. The van der Waals surface area contributed by atoms with Crippen LogP contribution in [0, 0.1) is 12.8 Å². The van der Waals surface area contributed by atoms with E-state index in [1.165, 1.54) is 4.90 Å². The number of nitrogens with one attached hydrogen (secondary N) is 1. The fourth-order valence-electron chi connectivity index (χ4n) is 4.46. The van der Waals surface area contributed by atoms with Gasteiger partial charge < -0.3 is 10.2 Å². The third-order valence-electron chi connectivity index (χ3n) is 6.87. The molecule has 1 N–H and O–H groups in total. The van der Waals surface area contributed by atoms with E-state index in [0.717, 1.165) is 39.2 Å². The Morgan fingerprint density at radius 1 is 0.875 bits per heavy atom. The third kappa shape index (κ3) is 8.68. The topological polar surface area (TPSA) is 86.8 Å². The quantitative estimate of drug-likeness (QED) is 0.326. The molecule has 3 aromatic carbocycles. The summed E-state index contributed by atoms with van der Waals surface area (Å²) in [6.07, 6.45) is 2.21. The van der Waals surface area contributed by atoms with Crippen LogP contribution in [0.25, 0.3) is 0 Å². The highest BCUT2D eigenvalue weighted by molar-refractivity contribution is 7.92. The Hall–Kier alpha value is -3.65. The molecule has 0 radical (unpaired) electrons. The minimum atomic E-state index is -3.79. The normalized spacial score (nSPS) is 12.2. The van der Waals surface area contributed by atoms with Gasteiger partial charge in [-0.05, 0) is 53.6 Å². The number of nitrogens with zero attached hydrogens (tertiary/aromatic N) is 2. The van der Waals surface area contributed by atoms with Crippen molar-refractivity contribution in [1.82, 2.24) is 10.2 Å². The Morgan fingerprint density at radius 3 is 2.08 bits per heavy atom. The predicted octanol–water partition coefficient (Wildman–Crippen LogP) is 4.74. The lowest BCUT2D eigenvalue weighted by atomic mass is 10.0. The maximum Gasteiger partial charge on any atom is 0.244 e. The van der Waals surface area contributed by atoms with Crippen molar-refractivity contribution in [2.45, 2.75) is 53.1 Å². The van der Waals surface area contributed by atoms with Crippen LogP contribution in [0.15, 0.2) is 78.9 Å². The number of benzene rings is 3. The van der Waals surface area contributed by atoms with E-state index in [2.05, 4.69) is 5.32 Å². The van der Waals surface area contributed by atoms with Crippen LogP contribution in [0.5, 0.6) is 0 Å². The summed E-state index contributed by atoms with van der Waals surface area (Å²) in [5.74, 6) is -0.486. The van der Waals surface area contributed by atoms with E-state index >= 15 is 0 Å². The SMILES string of the molecule is CCc1ccc(N(CC(=O)N(Cc2ccccc2C)C(Cc2ccccc2)C(=O)NCC(C)C)S(C)(=O)=O)cc1. The number of carbonyl (C=O) groups excluding carboxylic acids is 2. The molecule has 0 spiro atoms. The summed E-state index contributed by atoms with van der Waals surface area (Å²) >= 11 is 0. The number of hydrogen-bond donors (Lipinski definition) is 1. The molecule has 3 rings (SSSR count). The van der Waals surface area contributed by atoms with Crippen molar-refractivity contribution in [1.29, 1.82) is 0 Å². The molecule has 214 valence electrons. The van der Waals surface area contributed by atoms with Gasteiger partial charge in [-0.2, -0.15) is 0 Å². The van der Waals surface area contributed by atoms with Gasteiger partial charge in [0.1, 0.15) is 12.6 Å². The van der Waals surface area contributed by atoms with Gasteiger partial charge in [0, 0.05) is 19.5 Å². The molecular weight excluding hydrogens is 522 g/mol. The van der Waals surface area contributed by atoms with Crippen molar-refractivity contribution in [3.63, 3.8) is 0 Å². The second kappa shape index (κ2) is 14.1. The second-order valence-electron chi connectivity index (χ2n) is 10.6. The smallest absolute Gasteiger partial charge is 0.244 e. The zero-order chi connectivity index (χ0) is 29.3. The highest BCUT2D eigenvalue weighted by atomic mass is 32.2. The molecule has 3 aromatic rings. The highest BCUT2D eigenvalue weighted by Crippen LogP contribution is 2.22. The van der Waals surface area contributed by atoms with Crippen LogP contribution in [0.2, 0.25) is 0 Å². The summed E-state index contributed by atoms with van der Waals surface area (Å²) < 4.78 is 26.9. The first-order chi connectivity index (χ1) is 19.0. The van der Waals surface area contributed by atoms with E-state index in [-0.39, 0.29) is 18.4 Å². The molecule has 0 aromatic heterocycles. The lowest BCUT2D eigenvalue weighted by Gasteiger charge is -2.34. The van der Waals surface area contributed by atoms with Crippen molar-refractivity contribution in [2.24, 2.45) is 5.92 Å². The first-order valence-electron chi connectivity index (χ1n) is 13.7. The number of anilines is 1. The third-order valence-corrected chi connectivity index (χ3v) is 8.01. The van der Waals surface area contributed by atoms with Gasteiger partial charge in [0.15, 0.2) is 0 Å². The Balaban J connectivity index is 2.04. The largest absolute Gasteiger partial charge is 0.354 e. The Bertz CT molecular complexity index is 1370. The second-order valence-corrected chi connectivity index (χ2v) is 12.5. The van der Waals surface area contributed by atoms with Gasteiger partial charge in [-0.15, -0.1) is 0 Å². The van der Waals surface area contributed by atoms with Crippen molar-refractivity contribution in [3.8, 4) is 0 Å². The molecular formula is C32H41N3O4S. The van der Waals surface area contributed by atoms with E-state index in [1.807, 2.05) is 94.4 Å². The van der Waals surface area contributed by atoms with Gasteiger partial charge in [0.25, 0.3) is 0 Å². The highest BCUT2D eigenvalue weighted by Gasteiger charge is 2.33. The van der Waals surface area contributed by atoms with E-state index in [4.69, 9.17) is 0 Å². The van der Waals surface area contributed by atoms with E-state index in [9.17, 15) is 18.0 Å². The van der Waals surface area contributed by atoms with Crippen LogP contribution in [0.1, 0.15) is 43.0 Å². The standard InChI is InChI=1S/C32H41N3O4S/c1-6-26-16-18-29(19-17-26)35(40(5,38)39)23-31(36)34(22-28-15-11-10-12-25(28)4)30(32(37)33-21-24(2)3)20-27-13-8-7-9-14-27/h7-19,24,30H,6,20-23H2,1-5H3,(H,33,37). The van der Waals surface area contributed by atoms with Crippen LogP contribution in [0.3, 0.4) is 0 Å². The van der Waals surface area contributed by atoms with Crippen molar-refractivity contribution < 1.29 is 18.0 Å². The summed E-state index contributed by atoms with van der Waals surface area (Å²) in [6, 6.07) is 23.6. The number of amides is 2. The first kappa shape index (κ1) is 30.9. The molecule has 8 heteroatoms. The molecule has 0 saturated carbocycles. The van der Waals surface area contributed by atoms with Crippen LogP contribution in [-0.2, 0) is 39.0 Å². The molecule has 0 heterocycles. The molecule has 0 aliphatic heterocycles. The number of carbonyl (C=O) groups is 2. The average Bonchev–Trinajstić information content (AvgIpc) is 2.93. The van der Waals surface area contributed by atoms with Crippen LogP contribution in [-0.4, -0.2) is 50.5 Å². The van der Waals surface area contributed by atoms with E-state index < -0.39 is 28.5 Å². The number of rotatable bonds is 13. The van der Waals surface area contributed by atoms with Crippen LogP contribution >= 0.6 is 0 Å². The summed E-state index contributed by atoms with van der Waals surface area (Å²) in [5.41, 5.74) is 4.26. The summed E-state index contributed by atoms with van der Waals surface area (Å²) in [4.78, 5) is 29.3. The molecule has 1 unspecified atom stereocenters. The minimum absolute atomic E-state index is 0.171. The summed E-state index contributed by atoms with van der Waals surface area (Å²) in [5, 5.41) is 3.00. The van der Waals surface area contributed by atoms with Crippen molar-refractivity contribution >= 4 is 27.5 Å². The maximum atomic E-state index is 14.1. The molecule has 1 atom stereocenters. The van der Waals surface area contributed by atoms with Crippen LogP contribution in [0.4, 0.5) is 5.69 Å². The monoisotopic (exact) mass is 563 g/mol. The molecule has 0 aliphatic rings. The van der Waals surface area contributed by atoms with Crippen LogP contribution < -0.4 is 9.62 Å². The zero-order valence-corrected chi connectivity index (χ0v) is 24.9. The van der Waals surface area contributed by atoms with Crippen molar-refractivity contribution in [2.75, 3.05) is 23.7 Å². The van der Waals surface area contributed by atoms with Gasteiger partial charge in [-0.25, -0.2) is 8.42 Å². The molecule has 0 saturated heterocycles. The average molecular weight is 564 g/mol. The van der Waals surface area contributed by atoms with Gasteiger partial charge in [0.2, 0.25) is 21.8 Å². The predicted molar refractivity (Wildman–Crippen MR) is 162 cm³/mol. The van der Waals surface area contributed by atoms with E-state index in [1.54, 1.807) is 12.1 Å².